The van der Waals surface area contributed by atoms with Gasteiger partial charge in [0.25, 0.3) is 0 Å². The van der Waals surface area contributed by atoms with Crippen LogP contribution < -0.4 is 10.2 Å². The fourth-order valence-electron chi connectivity index (χ4n) is 3.72. The lowest BCUT2D eigenvalue weighted by Crippen LogP contribution is -2.35. The Hall–Kier alpha value is -2.35. The number of rotatable bonds is 7. The van der Waals surface area contributed by atoms with Gasteiger partial charge in [-0.1, -0.05) is 18.2 Å². The van der Waals surface area contributed by atoms with E-state index in [0.29, 0.717) is 18.2 Å². The highest BCUT2D eigenvalue weighted by molar-refractivity contribution is 7.91. The smallest absolute Gasteiger partial charge is 0.245 e. The Bertz CT molecular complexity index is 951. The van der Waals surface area contributed by atoms with E-state index in [1.165, 1.54) is 12.8 Å². The van der Waals surface area contributed by atoms with Crippen molar-refractivity contribution in [1.29, 1.82) is 0 Å². The highest BCUT2D eigenvalue weighted by Gasteiger charge is 2.31. The molecule has 1 aliphatic heterocycles. The zero-order valence-corrected chi connectivity index (χ0v) is 16.9. The van der Waals surface area contributed by atoms with Crippen molar-refractivity contribution in [1.82, 2.24) is 9.78 Å². The third-order valence-electron chi connectivity index (χ3n) is 5.31. The Labute approximate surface area is 165 Å². The Balaban J connectivity index is 1.47. The van der Waals surface area contributed by atoms with Gasteiger partial charge in [0, 0.05) is 18.3 Å². The molecule has 1 unspecified atom stereocenters. The van der Waals surface area contributed by atoms with E-state index in [1.54, 1.807) is 10.7 Å². The molecule has 0 radical (unpaired) electrons. The molecule has 1 saturated carbocycles. The molecule has 7 nitrogen and oxygen atoms in total. The summed E-state index contributed by atoms with van der Waals surface area (Å²) in [5.74, 6) is 1.36. The summed E-state index contributed by atoms with van der Waals surface area (Å²) in [7, 11) is -3.02. The molecule has 1 aliphatic carbocycles. The van der Waals surface area contributed by atoms with Crippen molar-refractivity contribution in [2.45, 2.75) is 32.2 Å². The Kier molecular flexibility index (Phi) is 5.14. The van der Waals surface area contributed by atoms with Crippen LogP contribution in [0.3, 0.4) is 0 Å². The van der Waals surface area contributed by atoms with E-state index in [9.17, 15) is 13.2 Å². The highest BCUT2D eigenvalue weighted by atomic mass is 32.2. The average molecular weight is 403 g/mol. The first-order chi connectivity index (χ1) is 13.4. The van der Waals surface area contributed by atoms with E-state index in [-0.39, 0.29) is 30.0 Å². The number of hydrogen-bond acceptors (Lipinski definition) is 5. The normalized spacial score (nSPS) is 20.8. The maximum atomic E-state index is 12.8. The molecule has 4 rings (SSSR count). The van der Waals surface area contributed by atoms with Crippen LogP contribution in [0.1, 0.15) is 31.0 Å². The van der Waals surface area contributed by atoms with E-state index in [0.717, 1.165) is 17.9 Å². The number of para-hydroxylation sites is 1. The van der Waals surface area contributed by atoms with Crippen molar-refractivity contribution in [3.05, 3.63) is 42.1 Å². The summed E-state index contributed by atoms with van der Waals surface area (Å²) >= 11 is 0. The van der Waals surface area contributed by atoms with Gasteiger partial charge in [-0.05, 0) is 44.2 Å². The van der Waals surface area contributed by atoms with Crippen molar-refractivity contribution in [2.75, 3.05) is 34.8 Å². The maximum absolute atomic E-state index is 12.8. The Morgan fingerprint density at radius 1 is 1.25 bits per heavy atom. The maximum Gasteiger partial charge on any atom is 0.245 e. The number of anilines is 2. The second-order valence-corrected chi connectivity index (χ2v) is 10.1. The lowest BCUT2D eigenvalue weighted by Gasteiger charge is -2.24. The number of aryl methyl sites for hydroxylation is 1. The number of nitrogens with zero attached hydrogens (tertiary/aromatic N) is 3. The number of aromatic nitrogens is 2. The van der Waals surface area contributed by atoms with Gasteiger partial charge in [0.15, 0.2) is 9.84 Å². The number of carbonyl (C=O) groups excluding carboxylic acids is 1. The largest absolute Gasteiger partial charge is 0.362 e. The van der Waals surface area contributed by atoms with Crippen LogP contribution in [0.25, 0.3) is 0 Å². The first-order valence-corrected chi connectivity index (χ1v) is 11.6. The summed E-state index contributed by atoms with van der Waals surface area (Å²) in [6, 6.07) is 11.6. The molecule has 0 bridgehead atoms. The summed E-state index contributed by atoms with van der Waals surface area (Å²) in [5, 5.41) is 7.39. The van der Waals surface area contributed by atoms with Gasteiger partial charge in [-0.25, -0.2) is 13.1 Å². The quantitative estimate of drug-likeness (QED) is 0.769. The molecular formula is C20H26N4O3S. The summed E-state index contributed by atoms with van der Waals surface area (Å²) < 4.78 is 25.3. The van der Waals surface area contributed by atoms with Crippen molar-refractivity contribution < 1.29 is 13.2 Å². The number of carbonyl (C=O) groups is 1. The van der Waals surface area contributed by atoms with Crippen LogP contribution >= 0.6 is 0 Å². The summed E-state index contributed by atoms with van der Waals surface area (Å²) in [4.78, 5) is 14.9. The number of nitrogens with one attached hydrogen (secondary N) is 1. The Morgan fingerprint density at radius 3 is 2.64 bits per heavy atom. The molecule has 150 valence electrons. The van der Waals surface area contributed by atoms with Crippen LogP contribution in [-0.2, 0) is 14.6 Å². The molecule has 1 aromatic heterocycles. The topological polar surface area (TPSA) is 84.3 Å². The van der Waals surface area contributed by atoms with Gasteiger partial charge < -0.3 is 10.2 Å². The predicted octanol–water partition coefficient (Wildman–Crippen LogP) is 2.41. The van der Waals surface area contributed by atoms with Gasteiger partial charge in [0.2, 0.25) is 5.91 Å². The summed E-state index contributed by atoms with van der Waals surface area (Å²) in [5.41, 5.74) is 1.80. The number of sulfone groups is 1. The van der Waals surface area contributed by atoms with Crippen molar-refractivity contribution in [3.8, 4) is 0 Å². The van der Waals surface area contributed by atoms with Gasteiger partial charge in [-0.15, -0.1) is 0 Å². The molecule has 2 fully saturated rings. The lowest BCUT2D eigenvalue weighted by atomic mass is 10.2. The van der Waals surface area contributed by atoms with E-state index < -0.39 is 9.84 Å². The zero-order chi connectivity index (χ0) is 19.7. The molecule has 2 heterocycles. The monoisotopic (exact) mass is 402 g/mol. The zero-order valence-electron chi connectivity index (χ0n) is 16.0. The second kappa shape index (κ2) is 7.58. The standard InChI is InChI=1S/C20H26N4O3S/c1-15-11-19(24(22-15)18-9-10-28(26,27)14-18)21-20(25)13-23(12-16-7-8-16)17-5-3-2-4-6-17/h2-6,11,16,18H,7-10,12-14H2,1H3,(H,21,25). The second-order valence-electron chi connectivity index (χ2n) is 7.88. The van der Waals surface area contributed by atoms with Crippen LogP contribution in [0.5, 0.6) is 0 Å². The molecule has 1 saturated heterocycles. The average Bonchev–Trinajstić information content (AvgIpc) is 3.29. The van der Waals surface area contributed by atoms with Gasteiger partial charge in [0.1, 0.15) is 5.82 Å². The van der Waals surface area contributed by atoms with E-state index in [4.69, 9.17) is 0 Å². The molecule has 2 aromatic rings. The minimum atomic E-state index is -3.02. The molecule has 28 heavy (non-hydrogen) atoms. The fraction of sp³-hybridized carbons (Fsp3) is 0.500. The van der Waals surface area contributed by atoms with E-state index in [1.807, 2.05) is 37.3 Å². The first-order valence-electron chi connectivity index (χ1n) is 9.76. The van der Waals surface area contributed by atoms with Crippen LogP contribution in [0, 0.1) is 12.8 Å². The van der Waals surface area contributed by atoms with Gasteiger partial charge in [0.05, 0.1) is 29.8 Å². The molecule has 8 heteroatoms. The van der Waals surface area contributed by atoms with Crippen molar-refractivity contribution >= 4 is 27.2 Å². The van der Waals surface area contributed by atoms with E-state index in [2.05, 4.69) is 15.3 Å². The molecule has 2 aliphatic rings. The molecule has 1 aromatic carbocycles. The predicted molar refractivity (Wildman–Crippen MR) is 109 cm³/mol. The van der Waals surface area contributed by atoms with E-state index >= 15 is 0 Å². The summed E-state index contributed by atoms with van der Waals surface area (Å²) in [6.07, 6.45) is 2.96. The third-order valence-corrected chi connectivity index (χ3v) is 7.06. The Morgan fingerprint density at radius 2 is 2.00 bits per heavy atom. The van der Waals surface area contributed by atoms with Crippen molar-refractivity contribution in [2.24, 2.45) is 5.92 Å². The molecule has 1 amide bonds. The van der Waals surface area contributed by atoms with Gasteiger partial charge in [-0.2, -0.15) is 5.10 Å². The van der Waals surface area contributed by atoms with Crippen LogP contribution in [0.2, 0.25) is 0 Å². The van der Waals surface area contributed by atoms with Gasteiger partial charge >= 0.3 is 0 Å². The molecule has 1 atom stereocenters. The molecule has 1 N–H and O–H groups in total. The first kappa shape index (κ1) is 19.0. The number of amides is 1. The molecule has 0 spiro atoms. The number of hydrogen-bond donors (Lipinski definition) is 1. The minimum Gasteiger partial charge on any atom is -0.362 e. The fourth-order valence-corrected chi connectivity index (χ4v) is 5.42. The highest BCUT2D eigenvalue weighted by Crippen LogP contribution is 2.31. The minimum absolute atomic E-state index is 0.0782. The SMILES string of the molecule is Cc1cc(NC(=O)CN(CC2CC2)c2ccccc2)n(C2CCS(=O)(=O)C2)n1. The van der Waals surface area contributed by atoms with Gasteiger partial charge in [-0.3, -0.25) is 4.79 Å². The van der Waals surface area contributed by atoms with Crippen LogP contribution in [0.15, 0.2) is 36.4 Å². The van der Waals surface area contributed by atoms with Crippen LogP contribution in [-0.4, -0.2) is 48.7 Å². The lowest BCUT2D eigenvalue weighted by molar-refractivity contribution is -0.115. The molecular weight excluding hydrogens is 376 g/mol. The van der Waals surface area contributed by atoms with Crippen molar-refractivity contribution in [3.63, 3.8) is 0 Å². The summed E-state index contributed by atoms with van der Waals surface area (Å²) in [6.45, 7) is 2.98. The number of benzene rings is 1. The van der Waals surface area contributed by atoms with Crippen LogP contribution in [0.4, 0.5) is 11.5 Å². The third kappa shape index (κ3) is 4.55.